The maximum absolute atomic E-state index is 11.2. The first-order valence-electron chi connectivity index (χ1n) is 13.3. The number of para-hydroxylation sites is 2. The quantitative estimate of drug-likeness (QED) is 0.376. The van der Waals surface area contributed by atoms with Crippen LogP contribution in [0.25, 0.3) is 21.6 Å². The minimum Gasteiger partial charge on any atom is -0.473 e. The van der Waals surface area contributed by atoms with E-state index < -0.39 is 22.2 Å². The summed E-state index contributed by atoms with van der Waals surface area (Å²) in [6.07, 6.45) is 1.25. The summed E-state index contributed by atoms with van der Waals surface area (Å²) in [7, 11) is -2.94. The Bertz CT molecular complexity index is 1390. The summed E-state index contributed by atoms with van der Waals surface area (Å²) < 4.78 is 35.1. The van der Waals surface area contributed by atoms with E-state index in [0.717, 1.165) is 34.4 Å². The van der Waals surface area contributed by atoms with Crippen molar-refractivity contribution >= 4 is 44.3 Å². The first-order valence-corrected chi connectivity index (χ1v) is 15.8. The van der Waals surface area contributed by atoms with Crippen LogP contribution < -0.4 is 14.8 Å². The number of sulfonamides is 1. The largest absolute Gasteiger partial charge is 0.473 e. The molecular weight excluding hydrogens is 552 g/mol. The Kier molecular flexibility index (Phi) is 11.0. The van der Waals surface area contributed by atoms with Crippen LogP contribution in [0, 0.1) is 5.92 Å². The van der Waals surface area contributed by atoms with Crippen molar-refractivity contribution in [3.05, 3.63) is 41.8 Å². The predicted molar refractivity (Wildman–Crippen MR) is 157 cm³/mol. The molecule has 1 amide bonds. The summed E-state index contributed by atoms with van der Waals surface area (Å²) >= 11 is 1.64. The van der Waals surface area contributed by atoms with E-state index in [2.05, 4.69) is 19.8 Å². The third-order valence-electron chi connectivity index (χ3n) is 5.59. The second-order valence-corrected chi connectivity index (χ2v) is 13.3. The molecule has 1 saturated heterocycles. The number of ketones is 1. The third kappa shape index (κ3) is 9.24. The van der Waals surface area contributed by atoms with Crippen molar-refractivity contribution in [2.24, 2.45) is 5.92 Å². The smallest absolute Gasteiger partial charge is 0.407 e. The number of nitrogens with zero attached hydrogens (tertiary/aromatic N) is 2. The fourth-order valence-electron chi connectivity index (χ4n) is 3.61. The van der Waals surface area contributed by atoms with Crippen LogP contribution >= 0.6 is 11.3 Å². The zero-order valence-electron chi connectivity index (χ0n) is 23.7. The lowest BCUT2D eigenvalue weighted by molar-refractivity contribution is -0.123. The van der Waals surface area contributed by atoms with E-state index in [1.165, 1.54) is 0 Å². The monoisotopic (exact) mass is 590 g/mol. The molecule has 2 N–H and O–H groups in total. The fraction of sp³-hybridized carbons (Fsp3) is 0.500. The Labute approximate surface area is 239 Å². The van der Waals surface area contributed by atoms with E-state index >= 15 is 0 Å². The van der Waals surface area contributed by atoms with Crippen LogP contribution in [0.2, 0.25) is 0 Å². The number of rotatable bonds is 8. The number of alkyl carbamates (subject to hydrolysis) is 1. The minimum absolute atomic E-state index is 0.0239. The second kappa shape index (κ2) is 14.0. The van der Waals surface area contributed by atoms with Gasteiger partial charge in [-0.1, -0.05) is 32.0 Å². The Morgan fingerprint density at radius 3 is 2.17 bits per heavy atom. The van der Waals surface area contributed by atoms with Crippen LogP contribution in [0.4, 0.5) is 4.79 Å². The maximum Gasteiger partial charge on any atom is 0.407 e. The highest BCUT2D eigenvalue weighted by Crippen LogP contribution is 2.32. The van der Waals surface area contributed by atoms with Crippen molar-refractivity contribution in [1.82, 2.24) is 20.0 Å². The fourth-order valence-corrected chi connectivity index (χ4v) is 5.92. The van der Waals surface area contributed by atoms with Gasteiger partial charge in [0.25, 0.3) is 0 Å². The zero-order chi connectivity index (χ0) is 29.4. The lowest BCUT2D eigenvalue weighted by atomic mass is 10.0. The molecule has 1 aliphatic heterocycles. The minimum atomic E-state index is -2.94. The Hall–Kier alpha value is -3.09. The lowest BCUT2D eigenvalue weighted by Gasteiger charge is -2.12. The van der Waals surface area contributed by atoms with Gasteiger partial charge in [-0.15, -0.1) is 11.3 Å². The zero-order valence-corrected chi connectivity index (χ0v) is 25.3. The molecule has 5 rings (SSSR count). The van der Waals surface area contributed by atoms with Gasteiger partial charge in [0.15, 0.2) is 5.78 Å². The van der Waals surface area contributed by atoms with Gasteiger partial charge in [0.05, 0.1) is 27.3 Å². The molecule has 1 aliphatic carbocycles. The van der Waals surface area contributed by atoms with Gasteiger partial charge in [0.1, 0.15) is 18.3 Å². The molecule has 0 bridgehead atoms. The normalized spacial score (nSPS) is 16.6. The number of ether oxygens (including phenoxy) is 2. The number of carbonyl (C=O) groups excluding carboxylic acids is 2. The third-order valence-corrected chi connectivity index (χ3v) is 8.61. The predicted octanol–water partition coefficient (Wildman–Crippen LogP) is 4.94. The van der Waals surface area contributed by atoms with Gasteiger partial charge in [-0.05, 0) is 64.1 Å². The maximum atomic E-state index is 11.2. The van der Waals surface area contributed by atoms with Crippen LogP contribution in [-0.4, -0.2) is 60.3 Å². The van der Waals surface area contributed by atoms with Crippen LogP contribution in [0.3, 0.4) is 0 Å². The van der Waals surface area contributed by atoms with Gasteiger partial charge in [-0.3, -0.25) is 4.79 Å². The van der Waals surface area contributed by atoms with E-state index in [0.29, 0.717) is 5.88 Å². The van der Waals surface area contributed by atoms with E-state index in [1.807, 2.05) is 69.5 Å². The summed E-state index contributed by atoms with van der Waals surface area (Å²) in [6.45, 7) is 11.4. The van der Waals surface area contributed by atoms with E-state index in [4.69, 9.17) is 9.72 Å². The second-order valence-electron chi connectivity index (χ2n) is 10.4. The number of hydrogen-bond acceptors (Lipinski definition) is 9. The van der Waals surface area contributed by atoms with Gasteiger partial charge in [0, 0.05) is 12.0 Å². The Morgan fingerprint density at radius 2 is 1.70 bits per heavy atom. The summed E-state index contributed by atoms with van der Waals surface area (Å²) in [6, 6.07) is 11.5. The Morgan fingerprint density at radius 1 is 1.05 bits per heavy atom. The van der Waals surface area contributed by atoms with E-state index in [9.17, 15) is 18.0 Å². The SMILES string of the molecule is CC(C)C(=O)[C@@H]1COC(=O)N1.CC(C)NS(=O)(=O)C1CC1.CC(C)Oc1nc2ccccc2nc1-c1cccs1. The molecule has 0 radical (unpaired) electrons. The van der Waals surface area contributed by atoms with Crippen molar-refractivity contribution in [2.45, 2.75) is 77.8 Å². The molecule has 2 aliphatic rings. The van der Waals surface area contributed by atoms with Crippen LogP contribution in [-0.2, 0) is 19.6 Å². The molecule has 0 unspecified atom stereocenters. The molecule has 1 aromatic carbocycles. The first-order chi connectivity index (χ1) is 18.9. The Balaban J connectivity index is 0.000000180. The number of benzene rings is 1. The average Bonchev–Trinajstić information content (AvgIpc) is 3.45. The van der Waals surface area contributed by atoms with Crippen molar-refractivity contribution in [2.75, 3.05) is 6.61 Å². The highest BCUT2D eigenvalue weighted by Gasteiger charge is 2.35. The molecule has 2 fully saturated rings. The van der Waals surface area contributed by atoms with Gasteiger partial charge in [-0.2, -0.15) is 0 Å². The van der Waals surface area contributed by atoms with Crippen molar-refractivity contribution < 1.29 is 27.5 Å². The van der Waals surface area contributed by atoms with E-state index in [-0.39, 0.29) is 35.7 Å². The van der Waals surface area contributed by atoms with Gasteiger partial charge >= 0.3 is 6.09 Å². The summed E-state index contributed by atoms with van der Waals surface area (Å²) in [4.78, 5) is 32.1. The van der Waals surface area contributed by atoms with Gasteiger partial charge in [0.2, 0.25) is 15.9 Å². The summed E-state index contributed by atoms with van der Waals surface area (Å²) in [5.41, 5.74) is 2.57. The molecule has 0 spiro atoms. The lowest BCUT2D eigenvalue weighted by Crippen LogP contribution is -2.36. The molecule has 40 heavy (non-hydrogen) atoms. The van der Waals surface area contributed by atoms with Crippen molar-refractivity contribution in [3.63, 3.8) is 0 Å². The van der Waals surface area contributed by atoms with Crippen molar-refractivity contribution in [3.8, 4) is 16.5 Å². The van der Waals surface area contributed by atoms with Crippen LogP contribution in [0.5, 0.6) is 5.88 Å². The molecule has 10 nitrogen and oxygen atoms in total. The highest BCUT2D eigenvalue weighted by atomic mass is 32.2. The molecule has 2 aromatic heterocycles. The number of fused-ring (bicyclic) bond motifs is 1. The number of hydrogen-bond donors (Lipinski definition) is 2. The number of Topliss-reactive ketones (excluding diaryl/α,β-unsaturated/α-hetero) is 1. The van der Waals surface area contributed by atoms with Gasteiger partial charge in [-0.25, -0.2) is 27.9 Å². The average molecular weight is 591 g/mol. The summed E-state index contributed by atoms with van der Waals surface area (Å²) in [5, 5.41) is 4.37. The molecule has 1 saturated carbocycles. The summed E-state index contributed by atoms with van der Waals surface area (Å²) in [5.74, 6) is 0.578. The number of cyclic esters (lactones) is 1. The molecular formula is C28H38N4O6S2. The topological polar surface area (TPSA) is 137 Å². The number of aromatic nitrogens is 2. The van der Waals surface area contributed by atoms with Crippen LogP contribution in [0.1, 0.15) is 54.4 Å². The standard InChI is InChI=1S/C15H14N2OS.C7H11NO3.C6H13NO2S/c1-10(2)18-15-14(13-8-5-9-19-13)16-11-6-3-4-7-12(11)17-15;1-4(2)6(9)5-3-11-7(10)8-5;1-5(2)7-10(8,9)6-3-4-6/h3-10H,1-2H3;4-5H,3H2,1-2H3,(H,8,10);5-7H,3-4H2,1-2H3/t;5-;/m.0./s1. The molecule has 3 heterocycles. The van der Waals surface area contributed by atoms with Crippen LogP contribution in [0.15, 0.2) is 41.8 Å². The first kappa shape index (κ1) is 31.4. The molecule has 3 aromatic rings. The van der Waals surface area contributed by atoms with E-state index in [1.54, 1.807) is 25.2 Å². The number of carbonyl (C=O) groups is 2. The number of thiophene rings is 1. The van der Waals surface area contributed by atoms with Crippen molar-refractivity contribution in [1.29, 1.82) is 0 Å². The molecule has 12 heteroatoms. The number of amides is 1. The molecule has 1 atom stereocenters. The molecule has 218 valence electrons. The highest BCUT2D eigenvalue weighted by molar-refractivity contribution is 7.90. The van der Waals surface area contributed by atoms with Gasteiger partial charge < -0.3 is 14.8 Å². The number of nitrogens with one attached hydrogen (secondary N) is 2.